The van der Waals surface area contributed by atoms with Gasteiger partial charge >= 0.3 is 0 Å². The average Bonchev–Trinajstić information content (AvgIpc) is 2.65. The molecule has 0 saturated carbocycles. The highest BCUT2D eigenvalue weighted by atomic mass is 35.5. The molecular formula is C24H30Cl2O2. The SMILES string of the molecule is C=CC(CC)(OC(Cc1ccc(CO)cc1)c1c(Cl)cccc1Cl)C(C)(C)C. The summed E-state index contributed by atoms with van der Waals surface area (Å²) in [6, 6.07) is 13.4. The Kier molecular flexibility index (Phi) is 7.75. The van der Waals surface area contributed by atoms with Crippen molar-refractivity contribution in [3.63, 3.8) is 0 Å². The van der Waals surface area contributed by atoms with E-state index in [2.05, 4.69) is 34.3 Å². The summed E-state index contributed by atoms with van der Waals surface area (Å²) >= 11 is 13.1. The lowest BCUT2D eigenvalue weighted by atomic mass is 9.74. The van der Waals surface area contributed by atoms with Gasteiger partial charge in [-0.25, -0.2) is 0 Å². The van der Waals surface area contributed by atoms with Crippen molar-refractivity contribution in [3.05, 3.63) is 81.9 Å². The molecule has 2 atom stereocenters. The van der Waals surface area contributed by atoms with Gasteiger partial charge in [-0.2, -0.15) is 0 Å². The highest BCUT2D eigenvalue weighted by molar-refractivity contribution is 6.36. The van der Waals surface area contributed by atoms with Crippen molar-refractivity contribution in [2.24, 2.45) is 5.41 Å². The molecule has 0 heterocycles. The summed E-state index contributed by atoms with van der Waals surface area (Å²) in [5.41, 5.74) is 2.06. The van der Waals surface area contributed by atoms with Gasteiger partial charge in [0, 0.05) is 22.0 Å². The monoisotopic (exact) mass is 420 g/mol. The van der Waals surface area contributed by atoms with Gasteiger partial charge in [0.05, 0.1) is 18.3 Å². The number of hydrogen-bond acceptors (Lipinski definition) is 2. The maximum absolute atomic E-state index is 9.30. The summed E-state index contributed by atoms with van der Waals surface area (Å²) in [5.74, 6) is 0. The molecule has 0 amide bonds. The van der Waals surface area contributed by atoms with Crippen LogP contribution in [0.2, 0.25) is 10.0 Å². The van der Waals surface area contributed by atoms with Gasteiger partial charge in [-0.3, -0.25) is 0 Å². The lowest BCUT2D eigenvalue weighted by Crippen LogP contribution is -2.44. The van der Waals surface area contributed by atoms with Gasteiger partial charge in [-0.05, 0) is 35.1 Å². The first-order valence-electron chi connectivity index (χ1n) is 9.61. The van der Waals surface area contributed by atoms with Crippen LogP contribution in [0, 0.1) is 5.41 Å². The summed E-state index contributed by atoms with van der Waals surface area (Å²) < 4.78 is 6.77. The molecule has 0 bridgehead atoms. The van der Waals surface area contributed by atoms with Gasteiger partial charge in [-0.15, -0.1) is 6.58 Å². The molecule has 28 heavy (non-hydrogen) atoms. The molecule has 0 radical (unpaired) electrons. The van der Waals surface area contributed by atoms with Gasteiger partial charge in [0.15, 0.2) is 0 Å². The summed E-state index contributed by atoms with van der Waals surface area (Å²) in [7, 11) is 0. The Bertz CT molecular complexity index is 773. The molecule has 0 aliphatic carbocycles. The second-order valence-electron chi connectivity index (χ2n) is 8.12. The van der Waals surface area contributed by atoms with Crippen LogP contribution in [0.3, 0.4) is 0 Å². The predicted octanol–water partition coefficient (Wildman–Crippen LogP) is 7.17. The first-order chi connectivity index (χ1) is 13.2. The standard InChI is InChI=1S/C24H30Cl2O2/c1-6-24(7-2,23(3,4)5)28-21(22-19(25)9-8-10-20(22)26)15-17-11-13-18(16-27)14-12-17/h6,8-14,21,27H,1,7,15-16H2,2-5H3. The van der Waals surface area contributed by atoms with Gasteiger partial charge in [0.2, 0.25) is 0 Å². The van der Waals surface area contributed by atoms with Crippen LogP contribution in [0.4, 0.5) is 0 Å². The molecule has 2 unspecified atom stereocenters. The van der Waals surface area contributed by atoms with Crippen molar-refractivity contribution < 1.29 is 9.84 Å². The Morgan fingerprint density at radius 1 is 1.04 bits per heavy atom. The van der Waals surface area contributed by atoms with Gasteiger partial charge in [0.1, 0.15) is 0 Å². The van der Waals surface area contributed by atoms with E-state index in [-0.39, 0.29) is 18.1 Å². The van der Waals surface area contributed by atoms with E-state index in [0.717, 1.165) is 23.1 Å². The molecule has 0 spiro atoms. The van der Waals surface area contributed by atoms with Crippen LogP contribution in [0.15, 0.2) is 55.1 Å². The Balaban J connectivity index is 2.50. The summed E-state index contributed by atoms with van der Waals surface area (Å²) in [4.78, 5) is 0. The van der Waals surface area contributed by atoms with E-state index in [1.165, 1.54) is 0 Å². The van der Waals surface area contributed by atoms with Gasteiger partial charge < -0.3 is 9.84 Å². The third-order valence-electron chi connectivity index (χ3n) is 5.43. The molecule has 2 aromatic rings. The second-order valence-corrected chi connectivity index (χ2v) is 8.93. The molecule has 2 rings (SSSR count). The Morgan fingerprint density at radius 3 is 2.00 bits per heavy atom. The maximum Gasteiger partial charge on any atom is 0.0913 e. The van der Waals surface area contributed by atoms with Crippen LogP contribution in [-0.2, 0) is 17.8 Å². The van der Waals surface area contributed by atoms with Crippen LogP contribution in [0.5, 0.6) is 0 Å². The zero-order valence-electron chi connectivity index (χ0n) is 17.1. The maximum atomic E-state index is 9.30. The van der Waals surface area contributed by atoms with Crippen molar-refractivity contribution in [2.75, 3.05) is 0 Å². The average molecular weight is 421 g/mol. The lowest BCUT2D eigenvalue weighted by molar-refractivity contribution is -0.125. The molecule has 0 fully saturated rings. The van der Waals surface area contributed by atoms with Gasteiger partial charge in [0.25, 0.3) is 0 Å². The minimum Gasteiger partial charge on any atom is -0.392 e. The highest BCUT2D eigenvalue weighted by Gasteiger charge is 2.41. The van der Waals surface area contributed by atoms with Crippen molar-refractivity contribution in [2.45, 2.75) is 58.8 Å². The zero-order valence-corrected chi connectivity index (χ0v) is 18.6. The van der Waals surface area contributed by atoms with Crippen LogP contribution in [0.1, 0.15) is 56.9 Å². The lowest BCUT2D eigenvalue weighted by Gasteiger charge is -2.44. The number of benzene rings is 2. The number of ether oxygens (including phenoxy) is 1. The summed E-state index contributed by atoms with van der Waals surface area (Å²) in [6.07, 6.45) is 2.96. The normalized spacial score (nSPS) is 15.1. The van der Waals surface area contributed by atoms with Crippen LogP contribution < -0.4 is 0 Å². The van der Waals surface area contributed by atoms with Gasteiger partial charge in [-0.1, -0.05) is 87.3 Å². The first-order valence-corrected chi connectivity index (χ1v) is 10.4. The minimum atomic E-state index is -0.537. The number of aliphatic hydroxyl groups excluding tert-OH is 1. The third kappa shape index (κ3) is 4.99. The van der Waals surface area contributed by atoms with Crippen molar-refractivity contribution in [3.8, 4) is 0 Å². The van der Waals surface area contributed by atoms with Crippen molar-refractivity contribution in [1.82, 2.24) is 0 Å². The van der Waals surface area contributed by atoms with E-state index >= 15 is 0 Å². The largest absolute Gasteiger partial charge is 0.392 e. The molecule has 0 saturated heterocycles. The predicted molar refractivity (Wildman–Crippen MR) is 119 cm³/mol. The Hall–Kier alpha value is -1.32. The molecule has 4 heteroatoms. The molecule has 152 valence electrons. The van der Waals surface area contributed by atoms with Crippen LogP contribution in [-0.4, -0.2) is 10.7 Å². The quantitative estimate of drug-likeness (QED) is 0.458. The highest BCUT2D eigenvalue weighted by Crippen LogP contribution is 2.44. The van der Waals surface area contributed by atoms with E-state index in [4.69, 9.17) is 27.9 Å². The van der Waals surface area contributed by atoms with Crippen molar-refractivity contribution in [1.29, 1.82) is 0 Å². The fourth-order valence-electron chi connectivity index (χ4n) is 3.56. The molecular weight excluding hydrogens is 391 g/mol. The fourth-order valence-corrected chi connectivity index (χ4v) is 4.20. The van der Waals surface area contributed by atoms with Crippen LogP contribution in [0.25, 0.3) is 0 Å². The van der Waals surface area contributed by atoms with E-state index in [0.29, 0.717) is 16.5 Å². The minimum absolute atomic E-state index is 0.0238. The topological polar surface area (TPSA) is 29.5 Å². The Labute approximate surface area is 179 Å². The van der Waals surface area contributed by atoms with E-state index in [9.17, 15) is 5.11 Å². The van der Waals surface area contributed by atoms with E-state index in [1.54, 1.807) is 0 Å². The summed E-state index contributed by atoms with van der Waals surface area (Å²) in [6.45, 7) is 12.7. The molecule has 2 nitrogen and oxygen atoms in total. The third-order valence-corrected chi connectivity index (χ3v) is 6.08. The number of halogens is 2. The van der Waals surface area contributed by atoms with Crippen LogP contribution >= 0.6 is 23.2 Å². The fraction of sp³-hybridized carbons (Fsp3) is 0.417. The zero-order chi connectivity index (χ0) is 20.9. The molecule has 0 aliphatic rings. The van der Waals surface area contributed by atoms with E-state index in [1.807, 2.05) is 48.5 Å². The number of rotatable bonds is 8. The molecule has 0 aliphatic heterocycles. The Morgan fingerprint density at radius 2 is 1.57 bits per heavy atom. The first kappa shape index (κ1) is 23.0. The molecule has 1 N–H and O–H groups in total. The molecule has 0 aromatic heterocycles. The summed E-state index contributed by atoms with van der Waals surface area (Å²) in [5, 5.41) is 10.5. The number of hydrogen-bond donors (Lipinski definition) is 1. The van der Waals surface area contributed by atoms with Crippen molar-refractivity contribution >= 4 is 23.2 Å². The van der Waals surface area contributed by atoms with E-state index < -0.39 is 5.60 Å². The number of aliphatic hydroxyl groups is 1. The molecule has 2 aromatic carbocycles. The second kappa shape index (κ2) is 9.45. The smallest absolute Gasteiger partial charge is 0.0913 e.